The van der Waals surface area contributed by atoms with Gasteiger partial charge in [0.25, 0.3) is 0 Å². The van der Waals surface area contributed by atoms with Crippen molar-refractivity contribution < 1.29 is 9.47 Å². The molecule has 0 aliphatic carbocycles. The van der Waals surface area contributed by atoms with Gasteiger partial charge < -0.3 is 19.7 Å². The number of likely N-dealkylation sites (tertiary alicyclic amines) is 1. The summed E-state index contributed by atoms with van der Waals surface area (Å²) in [5.41, 5.74) is 0.765. The highest BCUT2D eigenvalue weighted by atomic mass is 35.5. The molecule has 116 valence electrons. The van der Waals surface area contributed by atoms with Crippen molar-refractivity contribution in [1.82, 2.24) is 4.90 Å². The summed E-state index contributed by atoms with van der Waals surface area (Å²) >= 11 is 11.7. The highest BCUT2D eigenvalue weighted by Crippen LogP contribution is 2.36. The second-order valence-electron chi connectivity index (χ2n) is 5.16. The number of nitrogens with zero attached hydrogens (tertiary/aromatic N) is 1. The minimum Gasteiger partial charge on any atom is -0.495 e. The van der Waals surface area contributed by atoms with Gasteiger partial charge in [0.05, 0.1) is 24.9 Å². The maximum atomic E-state index is 6.11. The van der Waals surface area contributed by atoms with Gasteiger partial charge in [0.2, 0.25) is 0 Å². The van der Waals surface area contributed by atoms with Crippen molar-refractivity contribution in [2.24, 2.45) is 0 Å². The van der Waals surface area contributed by atoms with Crippen molar-refractivity contribution in [3.8, 4) is 11.5 Å². The molecule has 0 amide bonds. The number of nitrogens with one attached hydrogen (secondary N) is 1. The lowest BCUT2D eigenvalue weighted by molar-refractivity contribution is 0.262. The van der Waals surface area contributed by atoms with Crippen LogP contribution < -0.4 is 14.8 Å². The molecule has 1 fully saturated rings. The zero-order chi connectivity index (χ0) is 15.4. The van der Waals surface area contributed by atoms with Crippen LogP contribution in [0.2, 0.25) is 5.02 Å². The van der Waals surface area contributed by atoms with Gasteiger partial charge in [-0.05, 0) is 38.4 Å². The van der Waals surface area contributed by atoms with E-state index in [1.165, 1.54) is 19.3 Å². The van der Waals surface area contributed by atoms with Crippen LogP contribution in [0.5, 0.6) is 11.5 Å². The molecule has 1 atom stereocenters. The number of hydrogen-bond donors (Lipinski definition) is 1. The SMILES string of the molecule is COc1cc(NC(=S)N2CCCC[C@@H]2C)c(OC)cc1Cl. The zero-order valence-electron chi connectivity index (χ0n) is 12.6. The molecular formula is C15H21ClN2O2S. The Kier molecular flexibility index (Phi) is 5.53. The maximum Gasteiger partial charge on any atom is 0.173 e. The molecule has 1 aliphatic rings. The Morgan fingerprint density at radius 2 is 2.00 bits per heavy atom. The Bertz CT molecular complexity index is 525. The van der Waals surface area contributed by atoms with E-state index < -0.39 is 0 Å². The number of rotatable bonds is 3. The first-order valence-electron chi connectivity index (χ1n) is 7.06. The van der Waals surface area contributed by atoms with Crippen LogP contribution in [0.4, 0.5) is 5.69 Å². The summed E-state index contributed by atoms with van der Waals surface area (Å²) < 4.78 is 10.6. The molecule has 0 radical (unpaired) electrons. The smallest absolute Gasteiger partial charge is 0.173 e. The van der Waals surface area contributed by atoms with Crippen molar-refractivity contribution >= 4 is 34.6 Å². The maximum absolute atomic E-state index is 6.11. The van der Waals surface area contributed by atoms with Crippen molar-refractivity contribution in [2.45, 2.75) is 32.2 Å². The van der Waals surface area contributed by atoms with Gasteiger partial charge in [-0.3, -0.25) is 0 Å². The topological polar surface area (TPSA) is 33.7 Å². The molecule has 1 heterocycles. The molecule has 0 spiro atoms. The van der Waals surface area contributed by atoms with Gasteiger partial charge >= 0.3 is 0 Å². The van der Waals surface area contributed by atoms with Crippen molar-refractivity contribution in [3.63, 3.8) is 0 Å². The van der Waals surface area contributed by atoms with Crippen LogP contribution in [0, 0.1) is 0 Å². The van der Waals surface area contributed by atoms with Crippen molar-refractivity contribution in [3.05, 3.63) is 17.2 Å². The van der Waals surface area contributed by atoms with Gasteiger partial charge in [0, 0.05) is 24.7 Å². The molecule has 21 heavy (non-hydrogen) atoms. The minimum atomic E-state index is 0.457. The Hall–Kier alpha value is -1.20. The highest BCUT2D eigenvalue weighted by molar-refractivity contribution is 7.80. The summed E-state index contributed by atoms with van der Waals surface area (Å²) in [6, 6.07) is 3.99. The first-order valence-corrected chi connectivity index (χ1v) is 7.84. The molecule has 1 aromatic rings. The number of ether oxygens (including phenoxy) is 2. The standard InChI is InChI=1S/C15H21ClN2O2S/c1-10-6-4-5-7-18(10)15(21)17-12-9-13(19-2)11(16)8-14(12)20-3/h8-10H,4-7H2,1-3H3,(H,17,21)/t10-/m0/s1. The fraction of sp³-hybridized carbons (Fsp3) is 0.533. The summed E-state index contributed by atoms with van der Waals surface area (Å²) in [4.78, 5) is 2.22. The van der Waals surface area contributed by atoms with Crippen molar-refractivity contribution in [2.75, 3.05) is 26.1 Å². The summed E-state index contributed by atoms with van der Waals surface area (Å²) in [5, 5.41) is 4.48. The van der Waals surface area contributed by atoms with E-state index in [1.54, 1.807) is 20.3 Å². The Morgan fingerprint density at radius 1 is 1.29 bits per heavy atom. The van der Waals surface area contributed by atoms with Gasteiger partial charge in [-0.2, -0.15) is 0 Å². The fourth-order valence-electron chi connectivity index (χ4n) is 2.54. The molecule has 0 aromatic heterocycles. The summed E-state index contributed by atoms with van der Waals surface area (Å²) in [5.74, 6) is 1.24. The molecule has 0 unspecified atom stereocenters. The quantitative estimate of drug-likeness (QED) is 0.850. The zero-order valence-corrected chi connectivity index (χ0v) is 14.2. The molecule has 4 nitrogen and oxygen atoms in total. The lowest BCUT2D eigenvalue weighted by Gasteiger charge is -2.35. The molecular weight excluding hydrogens is 308 g/mol. The van der Waals surface area contributed by atoms with Gasteiger partial charge in [-0.15, -0.1) is 0 Å². The minimum absolute atomic E-state index is 0.457. The molecule has 0 bridgehead atoms. The fourth-order valence-corrected chi connectivity index (χ4v) is 3.16. The van der Waals surface area contributed by atoms with Gasteiger partial charge in [-0.25, -0.2) is 0 Å². The number of halogens is 1. The highest BCUT2D eigenvalue weighted by Gasteiger charge is 2.21. The third kappa shape index (κ3) is 3.71. The number of thiocarbonyl (C=S) groups is 1. The van der Waals surface area contributed by atoms with Crippen LogP contribution >= 0.6 is 23.8 Å². The van der Waals surface area contributed by atoms with E-state index in [0.717, 1.165) is 12.2 Å². The Morgan fingerprint density at radius 3 is 2.62 bits per heavy atom. The predicted molar refractivity (Wildman–Crippen MR) is 90.8 cm³/mol. The number of hydrogen-bond acceptors (Lipinski definition) is 3. The monoisotopic (exact) mass is 328 g/mol. The van der Waals surface area contributed by atoms with Crippen LogP contribution in [-0.2, 0) is 0 Å². The van der Waals surface area contributed by atoms with Crippen LogP contribution in [0.25, 0.3) is 0 Å². The first kappa shape index (κ1) is 16.2. The number of anilines is 1. The number of benzene rings is 1. The molecule has 1 N–H and O–H groups in total. The largest absolute Gasteiger partial charge is 0.495 e. The van der Waals surface area contributed by atoms with E-state index in [-0.39, 0.29) is 0 Å². The number of piperidine rings is 1. The second-order valence-corrected chi connectivity index (χ2v) is 5.95. The number of methoxy groups -OCH3 is 2. The third-order valence-corrected chi connectivity index (χ3v) is 4.41. The van der Waals surface area contributed by atoms with E-state index >= 15 is 0 Å². The summed E-state index contributed by atoms with van der Waals surface area (Å²) in [6.45, 7) is 3.19. The lowest BCUT2D eigenvalue weighted by Crippen LogP contribution is -2.44. The van der Waals surface area contributed by atoms with Crippen LogP contribution in [0.1, 0.15) is 26.2 Å². The van der Waals surface area contributed by atoms with E-state index in [4.69, 9.17) is 33.3 Å². The van der Waals surface area contributed by atoms with Crippen LogP contribution in [-0.4, -0.2) is 36.8 Å². The van der Waals surface area contributed by atoms with E-state index in [9.17, 15) is 0 Å². The predicted octanol–water partition coefficient (Wildman–Crippen LogP) is 3.93. The second kappa shape index (κ2) is 7.18. The normalized spacial score (nSPS) is 18.3. The van der Waals surface area contributed by atoms with Gasteiger partial charge in [-0.1, -0.05) is 11.6 Å². The molecule has 1 saturated heterocycles. The molecule has 0 saturated carbocycles. The third-order valence-electron chi connectivity index (χ3n) is 3.78. The van der Waals surface area contributed by atoms with Crippen LogP contribution in [0.3, 0.4) is 0 Å². The van der Waals surface area contributed by atoms with Gasteiger partial charge in [0.1, 0.15) is 11.5 Å². The molecule has 1 aliphatic heterocycles. The molecule has 2 rings (SSSR count). The van der Waals surface area contributed by atoms with E-state index in [1.807, 2.05) is 6.07 Å². The Balaban J connectivity index is 2.19. The first-order chi connectivity index (χ1) is 10.1. The molecule has 1 aromatic carbocycles. The average molecular weight is 329 g/mol. The lowest BCUT2D eigenvalue weighted by atomic mass is 10.0. The van der Waals surface area contributed by atoms with Gasteiger partial charge in [0.15, 0.2) is 5.11 Å². The van der Waals surface area contributed by atoms with Crippen LogP contribution in [0.15, 0.2) is 12.1 Å². The van der Waals surface area contributed by atoms with E-state index in [2.05, 4.69) is 17.1 Å². The molecule has 6 heteroatoms. The average Bonchev–Trinajstić information content (AvgIpc) is 2.48. The Labute approximate surface area is 136 Å². The van der Waals surface area contributed by atoms with Crippen molar-refractivity contribution in [1.29, 1.82) is 0 Å². The summed E-state index contributed by atoms with van der Waals surface area (Å²) in [7, 11) is 3.19. The summed E-state index contributed by atoms with van der Waals surface area (Å²) in [6.07, 6.45) is 3.61. The van der Waals surface area contributed by atoms with E-state index in [0.29, 0.717) is 27.7 Å².